The zero-order chi connectivity index (χ0) is 18.1. The van der Waals surface area contributed by atoms with Crippen molar-refractivity contribution in [3.63, 3.8) is 0 Å². The molecule has 0 saturated carbocycles. The van der Waals surface area contributed by atoms with Crippen LogP contribution in [0.2, 0.25) is 0 Å². The first kappa shape index (κ1) is 19.2. The Morgan fingerprint density at radius 1 is 1.33 bits per heavy atom. The monoisotopic (exact) mass is 386 g/mol. The van der Waals surface area contributed by atoms with E-state index in [4.69, 9.17) is 14.5 Å². The van der Waals surface area contributed by atoms with Crippen molar-refractivity contribution in [2.24, 2.45) is 0 Å². The Morgan fingerprint density at radius 2 is 2.00 bits per heavy atom. The molecule has 0 amide bonds. The molecule has 1 unspecified atom stereocenters. The van der Waals surface area contributed by atoms with Crippen molar-refractivity contribution in [3.05, 3.63) is 33.1 Å². The summed E-state index contributed by atoms with van der Waals surface area (Å²) in [4.78, 5) is 51.4. The predicted octanol–water partition coefficient (Wildman–Crippen LogP) is -1.48. The highest BCUT2D eigenvalue weighted by Gasteiger charge is 2.38. The molecule has 0 aromatic carbocycles. The van der Waals surface area contributed by atoms with Crippen molar-refractivity contribution in [2.45, 2.75) is 24.9 Å². The average Bonchev–Trinajstić information content (AvgIpc) is 2.75. The molecule has 0 radical (unpaired) electrons. The SMILES string of the molecule is O=c1ccn([C@H]2C[C@H](O)[C@@H](COP(=O)(O)CP(=O)(O)O)O2)c(=O)[nH]1. The van der Waals surface area contributed by atoms with Crippen LogP contribution in [-0.4, -0.2) is 54.1 Å². The lowest BCUT2D eigenvalue weighted by Crippen LogP contribution is -2.31. The van der Waals surface area contributed by atoms with Crippen molar-refractivity contribution in [2.75, 3.05) is 12.5 Å². The van der Waals surface area contributed by atoms with Gasteiger partial charge in [-0.25, -0.2) is 4.79 Å². The number of nitrogens with one attached hydrogen (secondary N) is 1. The maximum atomic E-state index is 11.7. The Bertz CT molecular complexity index is 797. The van der Waals surface area contributed by atoms with Crippen LogP contribution in [0, 0.1) is 0 Å². The number of aromatic amines is 1. The second kappa shape index (κ2) is 7.03. The van der Waals surface area contributed by atoms with Gasteiger partial charge in [0.15, 0.2) is 5.90 Å². The van der Waals surface area contributed by atoms with E-state index in [1.165, 1.54) is 6.20 Å². The highest BCUT2D eigenvalue weighted by Crippen LogP contribution is 2.55. The number of nitrogens with zero attached hydrogens (tertiary/aromatic N) is 1. The number of hydrogen-bond donors (Lipinski definition) is 5. The van der Waals surface area contributed by atoms with E-state index in [0.29, 0.717) is 0 Å². The lowest BCUT2D eigenvalue weighted by Gasteiger charge is -2.18. The van der Waals surface area contributed by atoms with Gasteiger partial charge in [0.25, 0.3) is 5.56 Å². The summed E-state index contributed by atoms with van der Waals surface area (Å²) in [5, 5.41) is 9.88. The van der Waals surface area contributed by atoms with Crippen LogP contribution in [0.4, 0.5) is 0 Å². The molecule has 5 N–H and O–H groups in total. The Labute approximate surface area is 134 Å². The number of hydrogen-bond acceptors (Lipinski definition) is 7. The minimum Gasteiger partial charge on any atom is -0.390 e. The van der Waals surface area contributed by atoms with Crippen LogP contribution >= 0.6 is 15.2 Å². The van der Waals surface area contributed by atoms with Gasteiger partial charge in [-0.1, -0.05) is 0 Å². The Morgan fingerprint density at radius 3 is 2.58 bits per heavy atom. The summed E-state index contributed by atoms with van der Waals surface area (Å²) in [6, 6.07) is 1.09. The molecule has 4 atom stereocenters. The van der Waals surface area contributed by atoms with Gasteiger partial charge in [-0.3, -0.25) is 23.5 Å². The molecule has 1 aromatic heterocycles. The molecule has 2 rings (SSSR count). The van der Waals surface area contributed by atoms with Gasteiger partial charge < -0.3 is 29.0 Å². The van der Waals surface area contributed by atoms with E-state index in [9.17, 15) is 28.7 Å². The fourth-order valence-corrected chi connectivity index (χ4v) is 4.72. The Hall–Kier alpha value is -1.10. The van der Waals surface area contributed by atoms with Crippen molar-refractivity contribution in [1.29, 1.82) is 0 Å². The zero-order valence-corrected chi connectivity index (χ0v) is 13.9. The summed E-state index contributed by atoms with van der Waals surface area (Å²) >= 11 is 0. The summed E-state index contributed by atoms with van der Waals surface area (Å²) in [6.07, 6.45) is -2.05. The van der Waals surface area contributed by atoms with Crippen LogP contribution in [-0.2, 0) is 18.4 Å². The molecule has 24 heavy (non-hydrogen) atoms. The molecule has 12 nitrogen and oxygen atoms in total. The van der Waals surface area contributed by atoms with Gasteiger partial charge in [-0.05, 0) is 0 Å². The number of H-pyrrole nitrogens is 1. The molecule has 0 spiro atoms. The first-order chi connectivity index (χ1) is 11.0. The molecular weight excluding hydrogens is 370 g/mol. The van der Waals surface area contributed by atoms with E-state index in [1.54, 1.807) is 0 Å². The largest absolute Gasteiger partial charge is 0.390 e. The normalized spacial score (nSPS) is 27.1. The zero-order valence-electron chi connectivity index (χ0n) is 12.1. The summed E-state index contributed by atoms with van der Waals surface area (Å²) < 4.78 is 33.2. The minimum atomic E-state index is -4.76. The van der Waals surface area contributed by atoms with E-state index >= 15 is 0 Å². The average molecular weight is 386 g/mol. The van der Waals surface area contributed by atoms with Crippen molar-refractivity contribution >= 4 is 15.2 Å². The maximum absolute atomic E-state index is 11.7. The van der Waals surface area contributed by atoms with E-state index < -0.39 is 57.4 Å². The van der Waals surface area contributed by atoms with Crippen LogP contribution in [0.3, 0.4) is 0 Å². The lowest BCUT2D eigenvalue weighted by molar-refractivity contribution is -0.0423. The minimum absolute atomic E-state index is 0.0474. The van der Waals surface area contributed by atoms with Crippen LogP contribution in [0.15, 0.2) is 21.9 Å². The molecule has 1 aromatic rings. The molecule has 1 fully saturated rings. The number of aromatic nitrogens is 2. The van der Waals surface area contributed by atoms with E-state index in [-0.39, 0.29) is 6.42 Å². The van der Waals surface area contributed by atoms with Crippen molar-refractivity contribution < 1.29 is 38.2 Å². The van der Waals surface area contributed by atoms with Crippen LogP contribution < -0.4 is 11.2 Å². The van der Waals surface area contributed by atoms with Gasteiger partial charge in [0.2, 0.25) is 0 Å². The molecule has 136 valence electrons. The fourth-order valence-electron chi connectivity index (χ4n) is 2.15. The van der Waals surface area contributed by atoms with Gasteiger partial charge in [0.05, 0.1) is 12.7 Å². The Balaban J connectivity index is 2.01. The van der Waals surface area contributed by atoms with Gasteiger partial charge in [0.1, 0.15) is 12.3 Å². The molecule has 14 heteroatoms. The summed E-state index contributed by atoms with van der Waals surface area (Å²) in [7, 11) is -9.33. The molecule has 2 heterocycles. The van der Waals surface area contributed by atoms with E-state index in [0.717, 1.165) is 10.6 Å². The first-order valence-electron chi connectivity index (χ1n) is 6.63. The molecule has 0 bridgehead atoms. The standard InChI is InChI=1S/C10H16N2O10P2/c13-6-3-9(12-2-1-8(14)11-10(12)15)22-7(6)4-21-24(19,20)5-23(16,17)18/h1-2,6-7,9,13H,3-5H2,(H,19,20)(H,11,14,15)(H2,16,17,18)/t6-,7+,9+/m0/s1. The number of rotatable bonds is 6. The number of aliphatic hydroxyl groups is 1. The molecule has 1 aliphatic rings. The molecular formula is C10H16N2O10P2. The van der Waals surface area contributed by atoms with Gasteiger partial charge in [-0.15, -0.1) is 0 Å². The summed E-state index contributed by atoms with van der Waals surface area (Å²) in [6.45, 7) is -0.608. The van der Waals surface area contributed by atoms with Crippen LogP contribution in [0.5, 0.6) is 0 Å². The molecule has 0 aliphatic carbocycles. The first-order valence-corrected chi connectivity index (χ1v) is 10.2. The van der Waals surface area contributed by atoms with E-state index in [2.05, 4.69) is 4.52 Å². The third-order valence-electron chi connectivity index (χ3n) is 3.17. The predicted molar refractivity (Wildman–Crippen MR) is 78.5 cm³/mol. The summed E-state index contributed by atoms with van der Waals surface area (Å²) in [5.41, 5.74) is -1.36. The Kier molecular flexibility index (Phi) is 5.63. The molecule has 1 saturated heterocycles. The summed E-state index contributed by atoms with van der Waals surface area (Å²) in [5.74, 6) is -1.36. The van der Waals surface area contributed by atoms with Gasteiger partial charge in [0, 0.05) is 18.7 Å². The fraction of sp³-hybridized carbons (Fsp3) is 0.600. The number of aliphatic hydroxyl groups excluding tert-OH is 1. The lowest BCUT2D eigenvalue weighted by atomic mass is 10.2. The third kappa shape index (κ3) is 5.20. The van der Waals surface area contributed by atoms with Gasteiger partial charge in [-0.2, -0.15) is 0 Å². The quantitative estimate of drug-likeness (QED) is 0.361. The van der Waals surface area contributed by atoms with Crippen molar-refractivity contribution in [1.82, 2.24) is 9.55 Å². The second-order valence-corrected chi connectivity index (χ2v) is 9.18. The van der Waals surface area contributed by atoms with Crippen LogP contribution in [0.25, 0.3) is 0 Å². The highest BCUT2D eigenvalue weighted by molar-refractivity contribution is 7.70. The molecule has 1 aliphatic heterocycles. The highest BCUT2D eigenvalue weighted by atomic mass is 31.2. The smallest absolute Gasteiger partial charge is 0.340 e. The maximum Gasteiger partial charge on any atom is 0.340 e. The number of ether oxygens (including phenoxy) is 1. The van der Waals surface area contributed by atoms with Crippen molar-refractivity contribution in [3.8, 4) is 0 Å². The second-order valence-electron chi connectivity index (χ2n) is 5.19. The topological polar surface area (TPSA) is 188 Å². The third-order valence-corrected chi connectivity index (χ3v) is 6.63. The van der Waals surface area contributed by atoms with E-state index in [1.807, 2.05) is 4.98 Å². The van der Waals surface area contributed by atoms with Crippen LogP contribution in [0.1, 0.15) is 12.6 Å². The van der Waals surface area contributed by atoms with Gasteiger partial charge >= 0.3 is 20.9 Å².